The quantitative estimate of drug-likeness (QED) is 0.633. The van der Waals surface area contributed by atoms with Gasteiger partial charge in [-0.1, -0.05) is 12.8 Å². The predicted octanol–water partition coefficient (Wildman–Crippen LogP) is 0.522. The van der Waals surface area contributed by atoms with Gasteiger partial charge in [0.05, 0.1) is 5.92 Å². The normalized spacial score (nSPS) is 36.9. The molecular formula is C11H18N2O2. The van der Waals surface area contributed by atoms with E-state index in [1.807, 2.05) is 0 Å². The van der Waals surface area contributed by atoms with E-state index in [0.717, 1.165) is 25.7 Å². The van der Waals surface area contributed by atoms with Crippen LogP contribution in [0.25, 0.3) is 0 Å². The monoisotopic (exact) mass is 210 g/mol. The van der Waals surface area contributed by atoms with Crippen LogP contribution in [0.15, 0.2) is 0 Å². The standard InChI is InChI=1S/C11H18N2O2/c1-7-10(14)12-9-6-4-3-5-8(9)11(15)13(7)2/h7-9H,3-6H2,1-2H3,(H,12,14)/t7-,8-,9+/m0/s1. The minimum Gasteiger partial charge on any atom is -0.351 e. The highest BCUT2D eigenvalue weighted by molar-refractivity contribution is 5.91. The van der Waals surface area contributed by atoms with Gasteiger partial charge in [0.1, 0.15) is 6.04 Å². The smallest absolute Gasteiger partial charge is 0.242 e. The molecule has 2 amide bonds. The molecule has 4 heteroatoms. The molecule has 0 bridgehead atoms. The van der Waals surface area contributed by atoms with Crippen LogP contribution < -0.4 is 5.32 Å². The van der Waals surface area contributed by atoms with Gasteiger partial charge in [0.2, 0.25) is 11.8 Å². The number of carbonyl (C=O) groups excluding carboxylic acids is 2. The second kappa shape index (κ2) is 3.83. The molecular weight excluding hydrogens is 192 g/mol. The third-order valence-corrected chi connectivity index (χ3v) is 3.72. The molecule has 1 aliphatic heterocycles. The van der Waals surface area contributed by atoms with Crippen molar-refractivity contribution >= 4 is 11.8 Å². The van der Waals surface area contributed by atoms with Gasteiger partial charge in [0, 0.05) is 13.1 Å². The highest BCUT2D eigenvalue weighted by Gasteiger charge is 2.39. The van der Waals surface area contributed by atoms with Crippen LogP contribution in [0.1, 0.15) is 32.6 Å². The van der Waals surface area contributed by atoms with Gasteiger partial charge in [-0.15, -0.1) is 0 Å². The number of nitrogens with zero attached hydrogens (tertiary/aromatic N) is 1. The molecule has 15 heavy (non-hydrogen) atoms. The summed E-state index contributed by atoms with van der Waals surface area (Å²) in [6.45, 7) is 1.78. The van der Waals surface area contributed by atoms with Gasteiger partial charge in [-0.3, -0.25) is 9.59 Å². The van der Waals surface area contributed by atoms with Crippen LogP contribution in [-0.2, 0) is 9.59 Å². The number of nitrogens with one attached hydrogen (secondary N) is 1. The van der Waals surface area contributed by atoms with Crippen LogP contribution in [0.3, 0.4) is 0 Å². The van der Waals surface area contributed by atoms with Crippen molar-refractivity contribution in [1.82, 2.24) is 10.2 Å². The van der Waals surface area contributed by atoms with E-state index in [1.54, 1.807) is 18.9 Å². The van der Waals surface area contributed by atoms with E-state index in [-0.39, 0.29) is 29.8 Å². The lowest BCUT2D eigenvalue weighted by molar-refractivity contribution is -0.138. The van der Waals surface area contributed by atoms with E-state index in [0.29, 0.717) is 0 Å². The third-order valence-electron chi connectivity index (χ3n) is 3.72. The maximum absolute atomic E-state index is 12.1. The van der Waals surface area contributed by atoms with E-state index in [1.165, 1.54) is 0 Å². The summed E-state index contributed by atoms with van der Waals surface area (Å²) < 4.78 is 0. The van der Waals surface area contributed by atoms with Crippen LogP contribution in [0.5, 0.6) is 0 Å². The molecule has 0 aromatic rings. The lowest BCUT2D eigenvalue weighted by Crippen LogP contribution is -2.43. The molecule has 1 heterocycles. The summed E-state index contributed by atoms with van der Waals surface area (Å²) in [5, 5.41) is 2.99. The fourth-order valence-corrected chi connectivity index (χ4v) is 2.53. The zero-order valence-electron chi connectivity index (χ0n) is 9.32. The summed E-state index contributed by atoms with van der Waals surface area (Å²) in [5.41, 5.74) is 0. The van der Waals surface area contributed by atoms with Crippen LogP contribution in [0.4, 0.5) is 0 Å². The van der Waals surface area contributed by atoms with Crippen molar-refractivity contribution in [2.75, 3.05) is 7.05 Å². The minimum absolute atomic E-state index is 0.0117. The Hall–Kier alpha value is -1.06. The second-order valence-corrected chi connectivity index (χ2v) is 4.63. The average molecular weight is 210 g/mol. The van der Waals surface area contributed by atoms with Gasteiger partial charge in [-0.05, 0) is 19.8 Å². The van der Waals surface area contributed by atoms with Crippen molar-refractivity contribution in [2.45, 2.75) is 44.7 Å². The lowest BCUT2D eigenvalue weighted by Gasteiger charge is -2.29. The minimum atomic E-state index is -0.330. The zero-order valence-corrected chi connectivity index (χ0v) is 9.32. The number of likely N-dealkylation sites (N-methyl/N-ethyl adjacent to an activating group) is 1. The van der Waals surface area contributed by atoms with E-state index < -0.39 is 0 Å². The fourth-order valence-electron chi connectivity index (χ4n) is 2.53. The number of carbonyl (C=O) groups is 2. The molecule has 0 aromatic carbocycles. The SMILES string of the molecule is C[C@H]1C(=O)N[C@@H]2CCCC[C@@H]2C(=O)N1C. The molecule has 0 radical (unpaired) electrons. The lowest BCUT2D eigenvalue weighted by atomic mass is 9.84. The molecule has 2 fully saturated rings. The first-order valence-corrected chi connectivity index (χ1v) is 5.68. The van der Waals surface area contributed by atoms with Gasteiger partial charge in [0.15, 0.2) is 0 Å². The van der Waals surface area contributed by atoms with Gasteiger partial charge in [-0.2, -0.15) is 0 Å². The number of fused-ring (bicyclic) bond motifs is 1. The molecule has 4 nitrogen and oxygen atoms in total. The summed E-state index contributed by atoms with van der Waals surface area (Å²) in [6, 6.07) is -0.255. The van der Waals surface area contributed by atoms with Gasteiger partial charge < -0.3 is 10.2 Å². The maximum Gasteiger partial charge on any atom is 0.242 e. The molecule has 84 valence electrons. The number of hydrogen-bond acceptors (Lipinski definition) is 2. The van der Waals surface area contributed by atoms with Crippen LogP contribution in [0.2, 0.25) is 0 Å². The van der Waals surface area contributed by atoms with Gasteiger partial charge in [-0.25, -0.2) is 0 Å². The van der Waals surface area contributed by atoms with Crippen LogP contribution >= 0.6 is 0 Å². The molecule has 1 N–H and O–H groups in total. The summed E-state index contributed by atoms with van der Waals surface area (Å²) in [7, 11) is 1.73. The van der Waals surface area contributed by atoms with Crippen molar-refractivity contribution in [3.63, 3.8) is 0 Å². The van der Waals surface area contributed by atoms with Crippen molar-refractivity contribution in [3.8, 4) is 0 Å². The van der Waals surface area contributed by atoms with Crippen molar-refractivity contribution < 1.29 is 9.59 Å². The first-order chi connectivity index (χ1) is 7.11. The van der Waals surface area contributed by atoms with E-state index in [4.69, 9.17) is 0 Å². The van der Waals surface area contributed by atoms with E-state index in [9.17, 15) is 9.59 Å². The summed E-state index contributed by atoms with van der Waals surface area (Å²) >= 11 is 0. The summed E-state index contributed by atoms with van der Waals surface area (Å²) in [5.74, 6) is 0.128. The Morgan fingerprint density at radius 2 is 1.93 bits per heavy atom. The molecule has 0 unspecified atom stereocenters. The molecule has 2 rings (SSSR count). The fraction of sp³-hybridized carbons (Fsp3) is 0.818. The Balaban J connectivity index is 2.24. The largest absolute Gasteiger partial charge is 0.351 e. The Morgan fingerprint density at radius 1 is 1.27 bits per heavy atom. The van der Waals surface area contributed by atoms with Crippen LogP contribution in [-0.4, -0.2) is 35.8 Å². The van der Waals surface area contributed by atoms with E-state index >= 15 is 0 Å². The Labute approximate surface area is 90.0 Å². The maximum atomic E-state index is 12.1. The predicted molar refractivity (Wildman–Crippen MR) is 56.1 cm³/mol. The highest BCUT2D eigenvalue weighted by atomic mass is 16.2. The molecule has 2 aliphatic rings. The molecule has 1 saturated heterocycles. The molecule has 1 saturated carbocycles. The molecule has 3 atom stereocenters. The number of hydrogen-bond donors (Lipinski definition) is 1. The first-order valence-electron chi connectivity index (χ1n) is 5.68. The molecule has 0 aromatic heterocycles. The summed E-state index contributed by atoms with van der Waals surface area (Å²) in [4.78, 5) is 25.4. The second-order valence-electron chi connectivity index (χ2n) is 4.63. The Kier molecular flexibility index (Phi) is 2.67. The molecule has 1 aliphatic carbocycles. The summed E-state index contributed by atoms with van der Waals surface area (Å²) in [6.07, 6.45) is 4.08. The highest BCUT2D eigenvalue weighted by Crippen LogP contribution is 2.28. The Bertz CT molecular complexity index is 290. The molecule has 0 spiro atoms. The van der Waals surface area contributed by atoms with Crippen molar-refractivity contribution in [2.24, 2.45) is 5.92 Å². The van der Waals surface area contributed by atoms with Gasteiger partial charge in [0.25, 0.3) is 0 Å². The Morgan fingerprint density at radius 3 is 2.67 bits per heavy atom. The van der Waals surface area contributed by atoms with Crippen molar-refractivity contribution in [3.05, 3.63) is 0 Å². The topological polar surface area (TPSA) is 49.4 Å². The van der Waals surface area contributed by atoms with Crippen LogP contribution in [0, 0.1) is 5.92 Å². The van der Waals surface area contributed by atoms with Crippen molar-refractivity contribution in [1.29, 1.82) is 0 Å². The van der Waals surface area contributed by atoms with E-state index in [2.05, 4.69) is 5.32 Å². The third kappa shape index (κ3) is 1.73. The first kappa shape index (κ1) is 10.5. The number of rotatable bonds is 0. The number of amides is 2. The average Bonchev–Trinajstić information content (AvgIpc) is 2.32. The zero-order chi connectivity index (χ0) is 11.0. The van der Waals surface area contributed by atoms with Gasteiger partial charge >= 0.3 is 0 Å².